The van der Waals surface area contributed by atoms with Crippen molar-refractivity contribution in [2.45, 2.75) is 13.8 Å². The van der Waals surface area contributed by atoms with Crippen molar-refractivity contribution < 1.29 is 17.6 Å². The number of halogens is 4. The van der Waals surface area contributed by atoms with E-state index in [1.165, 1.54) is 25.1 Å². The van der Waals surface area contributed by atoms with Gasteiger partial charge in [-0.25, -0.2) is 17.6 Å². The number of hydrogen-bond donors (Lipinski definition) is 0. The second-order valence-corrected chi connectivity index (χ2v) is 4.55. The highest BCUT2D eigenvalue weighted by Crippen LogP contribution is 2.31. The van der Waals surface area contributed by atoms with Gasteiger partial charge >= 0.3 is 0 Å². The van der Waals surface area contributed by atoms with Crippen molar-refractivity contribution in [1.29, 1.82) is 0 Å². The summed E-state index contributed by atoms with van der Waals surface area (Å²) in [6.45, 7) is 3.15. The molecule has 2 aromatic carbocycles. The van der Waals surface area contributed by atoms with E-state index >= 15 is 0 Å². The molecule has 104 valence electrons. The topological polar surface area (TPSA) is 0 Å². The first kappa shape index (κ1) is 14.3. The van der Waals surface area contributed by atoms with E-state index in [1.807, 2.05) is 0 Å². The minimum atomic E-state index is -1.41. The summed E-state index contributed by atoms with van der Waals surface area (Å²) in [5, 5.41) is 0. The lowest BCUT2D eigenvalue weighted by Gasteiger charge is -2.06. The van der Waals surface area contributed by atoms with Crippen LogP contribution >= 0.6 is 0 Å². The lowest BCUT2D eigenvalue weighted by atomic mass is 10.1. The van der Waals surface area contributed by atoms with Crippen LogP contribution in [0.3, 0.4) is 0 Å². The van der Waals surface area contributed by atoms with Crippen molar-refractivity contribution in [3.63, 3.8) is 0 Å². The second kappa shape index (κ2) is 5.49. The Morgan fingerprint density at radius 2 is 1.35 bits per heavy atom. The Labute approximate surface area is 114 Å². The van der Waals surface area contributed by atoms with Gasteiger partial charge in [-0.15, -0.1) is 0 Å². The number of hydrogen-bond acceptors (Lipinski definition) is 0. The SMILES string of the molecule is Cc1ccc(/C(F)=C(\F)c2ccc(C)c(F)c2F)cc1. The third kappa shape index (κ3) is 2.59. The van der Waals surface area contributed by atoms with Gasteiger partial charge in [0.05, 0.1) is 5.56 Å². The van der Waals surface area contributed by atoms with Gasteiger partial charge in [-0.05, 0) is 25.5 Å². The molecule has 0 unspecified atom stereocenters. The molecule has 2 rings (SSSR count). The molecule has 2 aromatic rings. The van der Waals surface area contributed by atoms with Gasteiger partial charge in [0.2, 0.25) is 0 Å². The van der Waals surface area contributed by atoms with E-state index in [0.29, 0.717) is 0 Å². The average Bonchev–Trinajstić information content (AvgIpc) is 2.44. The maximum atomic E-state index is 14.0. The standard InChI is InChI=1S/C16H12F4/c1-9-3-6-11(7-4-9)14(18)16(20)12-8-5-10(2)13(17)15(12)19/h3-8H,1-2H3/b16-14+. The Hall–Kier alpha value is -2.10. The summed E-state index contributed by atoms with van der Waals surface area (Å²) in [5.41, 5.74) is 0.184. The van der Waals surface area contributed by atoms with Crippen molar-refractivity contribution in [3.8, 4) is 0 Å². The summed E-state index contributed by atoms with van der Waals surface area (Å²) in [6, 6.07) is 8.20. The van der Waals surface area contributed by atoms with Crippen molar-refractivity contribution >= 4 is 11.7 Å². The Kier molecular flexibility index (Phi) is 3.93. The molecule has 0 atom stereocenters. The van der Waals surface area contributed by atoms with Crippen LogP contribution in [0.4, 0.5) is 17.6 Å². The van der Waals surface area contributed by atoms with Crippen LogP contribution in [0.15, 0.2) is 36.4 Å². The molecule has 0 aliphatic rings. The van der Waals surface area contributed by atoms with Gasteiger partial charge in [0.1, 0.15) is 0 Å². The molecule has 0 nitrogen and oxygen atoms in total. The van der Waals surface area contributed by atoms with E-state index in [1.54, 1.807) is 19.1 Å². The van der Waals surface area contributed by atoms with E-state index in [9.17, 15) is 17.6 Å². The van der Waals surface area contributed by atoms with Crippen molar-refractivity contribution in [2.75, 3.05) is 0 Å². The molecule has 0 aromatic heterocycles. The lowest BCUT2D eigenvalue weighted by Crippen LogP contribution is -1.95. The Bertz CT molecular complexity index is 670. The average molecular weight is 280 g/mol. The smallest absolute Gasteiger partial charge is 0.169 e. The van der Waals surface area contributed by atoms with Crippen LogP contribution in [0.1, 0.15) is 22.3 Å². The Morgan fingerprint density at radius 1 is 0.750 bits per heavy atom. The maximum absolute atomic E-state index is 14.0. The molecule has 0 fully saturated rings. The molecule has 0 aliphatic heterocycles. The zero-order valence-electron chi connectivity index (χ0n) is 11.0. The first-order valence-corrected chi connectivity index (χ1v) is 5.99. The van der Waals surface area contributed by atoms with Gasteiger partial charge < -0.3 is 0 Å². The van der Waals surface area contributed by atoms with Crippen LogP contribution in [0, 0.1) is 25.5 Å². The van der Waals surface area contributed by atoms with Gasteiger partial charge in [0.15, 0.2) is 23.3 Å². The quantitative estimate of drug-likeness (QED) is 0.514. The van der Waals surface area contributed by atoms with Crippen molar-refractivity contribution in [3.05, 3.63) is 70.3 Å². The van der Waals surface area contributed by atoms with Crippen LogP contribution in [-0.4, -0.2) is 0 Å². The summed E-state index contributed by atoms with van der Waals surface area (Å²) >= 11 is 0. The summed E-state index contributed by atoms with van der Waals surface area (Å²) in [6.07, 6.45) is 0. The molecule has 0 amide bonds. The third-order valence-corrected chi connectivity index (χ3v) is 3.01. The maximum Gasteiger partial charge on any atom is 0.169 e. The minimum absolute atomic E-state index is 0.0199. The highest BCUT2D eigenvalue weighted by molar-refractivity contribution is 5.83. The molecule has 0 heterocycles. The largest absolute Gasteiger partial charge is 0.203 e. The summed E-state index contributed by atoms with van der Waals surface area (Å²) in [5.74, 6) is -5.18. The summed E-state index contributed by atoms with van der Waals surface area (Å²) in [7, 11) is 0. The molecule has 0 bridgehead atoms. The zero-order chi connectivity index (χ0) is 14.9. The molecule has 0 aliphatic carbocycles. The Balaban J connectivity index is 2.54. The highest BCUT2D eigenvalue weighted by Gasteiger charge is 2.18. The van der Waals surface area contributed by atoms with E-state index in [4.69, 9.17) is 0 Å². The molecule has 4 heteroatoms. The predicted octanol–water partition coefficient (Wildman–Crippen LogP) is 5.35. The van der Waals surface area contributed by atoms with E-state index in [0.717, 1.165) is 11.6 Å². The van der Waals surface area contributed by atoms with Gasteiger partial charge in [0.25, 0.3) is 0 Å². The van der Waals surface area contributed by atoms with Gasteiger partial charge in [-0.2, -0.15) is 0 Å². The van der Waals surface area contributed by atoms with Crippen LogP contribution in [0.5, 0.6) is 0 Å². The van der Waals surface area contributed by atoms with Gasteiger partial charge in [0, 0.05) is 5.56 Å². The molecular formula is C16H12F4. The van der Waals surface area contributed by atoms with E-state index in [2.05, 4.69) is 0 Å². The number of aryl methyl sites for hydroxylation is 2. The van der Waals surface area contributed by atoms with Crippen LogP contribution < -0.4 is 0 Å². The minimum Gasteiger partial charge on any atom is -0.203 e. The fourth-order valence-electron chi connectivity index (χ4n) is 1.76. The monoisotopic (exact) mass is 280 g/mol. The number of benzene rings is 2. The molecule has 20 heavy (non-hydrogen) atoms. The second-order valence-electron chi connectivity index (χ2n) is 4.55. The van der Waals surface area contributed by atoms with Crippen LogP contribution in [0.2, 0.25) is 0 Å². The number of rotatable bonds is 2. The lowest BCUT2D eigenvalue weighted by molar-refractivity contribution is 0.497. The van der Waals surface area contributed by atoms with Gasteiger partial charge in [-0.1, -0.05) is 35.9 Å². The Morgan fingerprint density at radius 3 is 1.95 bits per heavy atom. The summed E-state index contributed by atoms with van der Waals surface area (Å²) < 4.78 is 55.0. The van der Waals surface area contributed by atoms with Crippen molar-refractivity contribution in [2.24, 2.45) is 0 Å². The fraction of sp³-hybridized carbons (Fsp3) is 0.125. The fourth-order valence-corrected chi connectivity index (χ4v) is 1.76. The van der Waals surface area contributed by atoms with Crippen LogP contribution in [-0.2, 0) is 0 Å². The zero-order valence-corrected chi connectivity index (χ0v) is 11.0. The molecule has 0 N–H and O–H groups in total. The first-order valence-electron chi connectivity index (χ1n) is 5.99. The van der Waals surface area contributed by atoms with Gasteiger partial charge in [-0.3, -0.25) is 0 Å². The first-order chi connectivity index (χ1) is 9.41. The van der Waals surface area contributed by atoms with E-state index in [-0.39, 0.29) is 11.1 Å². The predicted molar refractivity (Wildman–Crippen MR) is 71.3 cm³/mol. The third-order valence-electron chi connectivity index (χ3n) is 3.01. The molecular weight excluding hydrogens is 268 g/mol. The van der Waals surface area contributed by atoms with E-state index < -0.39 is 28.9 Å². The normalized spacial score (nSPS) is 12.3. The molecule has 0 saturated heterocycles. The molecule has 0 radical (unpaired) electrons. The molecule has 0 spiro atoms. The highest BCUT2D eigenvalue weighted by atomic mass is 19.2. The molecule has 0 saturated carbocycles. The summed E-state index contributed by atoms with van der Waals surface area (Å²) in [4.78, 5) is 0. The van der Waals surface area contributed by atoms with Crippen LogP contribution in [0.25, 0.3) is 11.7 Å². The van der Waals surface area contributed by atoms with Crippen molar-refractivity contribution in [1.82, 2.24) is 0 Å².